The van der Waals surface area contributed by atoms with Crippen LogP contribution in [0.2, 0.25) is 0 Å². The van der Waals surface area contributed by atoms with E-state index in [-0.39, 0.29) is 0 Å². The Balaban J connectivity index is 2.15. The predicted molar refractivity (Wildman–Crippen MR) is 58.6 cm³/mol. The first-order chi connectivity index (χ1) is 6.75. The van der Waals surface area contributed by atoms with Crippen LogP contribution in [0.3, 0.4) is 0 Å². The highest BCUT2D eigenvalue weighted by atomic mass is 15.7. The molecule has 2 rings (SSSR count). The van der Waals surface area contributed by atoms with Crippen molar-refractivity contribution in [1.29, 1.82) is 0 Å². The van der Waals surface area contributed by atoms with Crippen molar-refractivity contribution in [3.05, 3.63) is 42.1 Å². The van der Waals surface area contributed by atoms with Crippen molar-refractivity contribution in [3.63, 3.8) is 0 Å². The molecule has 0 saturated carbocycles. The Bertz CT molecular complexity index is 329. The van der Waals surface area contributed by atoms with Gasteiger partial charge in [0.25, 0.3) is 0 Å². The highest BCUT2D eigenvalue weighted by molar-refractivity contribution is 5.47. The van der Waals surface area contributed by atoms with Crippen LogP contribution in [0.25, 0.3) is 0 Å². The van der Waals surface area contributed by atoms with Crippen molar-refractivity contribution in [2.45, 2.75) is 6.92 Å². The third kappa shape index (κ3) is 1.88. The molecule has 0 fully saturated rings. The summed E-state index contributed by atoms with van der Waals surface area (Å²) < 4.78 is 0. The Morgan fingerprint density at radius 1 is 1.21 bits per heavy atom. The lowest BCUT2D eigenvalue weighted by Gasteiger charge is -2.32. The van der Waals surface area contributed by atoms with E-state index in [9.17, 15) is 0 Å². The van der Waals surface area contributed by atoms with Crippen LogP contribution in [-0.2, 0) is 0 Å². The van der Waals surface area contributed by atoms with Gasteiger partial charge in [-0.2, -0.15) is 0 Å². The second kappa shape index (κ2) is 3.72. The monoisotopic (exact) mass is 189 g/mol. The van der Waals surface area contributed by atoms with E-state index < -0.39 is 0 Å². The number of anilines is 1. The summed E-state index contributed by atoms with van der Waals surface area (Å²) >= 11 is 0. The minimum Gasteiger partial charge on any atom is -0.301 e. The Morgan fingerprint density at radius 2 is 1.93 bits per heavy atom. The second-order valence-electron chi connectivity index (χ2n) is 3.54. The summed E-state index contributed by atoms with van der Waals surface area (Å²) in [6.07, 6.45) is 4.14. The van der Waals surface area contributed by atoms with Crippen LogP contribution >= 0.6 is 0 Å². The van der Waals surface area contributed by atoms with E-state index in [1.54, 1.807) is 0 Å². The summed E-state index contributed by atoms with van der Waals surface area (Å²) in [6, 6.07) is 8.48. The summed E-state index contributed by atoms with van der Waals surface area (Å²) in [5, 5.41) is 4.03. The molecule has 14 heavy (non-hydrogen) atoms. The Labute approximate surface area is 84.6 Å². The number of hydrogen-bond acceptors (Lipinski definition) is 3. The van der Waals surface area contributed by atoms with Gasteiger partial charge in [0.15, 0.2) is 0 Å². The van der Waals surface area contributed by atoms with Gasteiger partial charge in [0.05, 0.1) is 12.2 Å². The van der Waals surface area contributed by atoms with Gasteiger partial charge in [-0.3, -0.25) is 5.01 Å². The molecule has 3 nitrogen and oxygen atoms in total. The molecule has 0 amide bonds. The van der Waals surface area contributed by atoms with Gasteiger partial charge >= 0.3 is 0 Å². The number of aryl methyl sites for hydroxylation is 1. The zero-order chi connectivity index (χ0) is 9.97. The SMILES string of the molecule is Cc1ccc(N2CC=CN(C)N2)cc1. The molecule has 0 spiro atoms. The van der Waals surface area contributed by atoms with Crippen LogP contribution in [0.4, 0.5) is 5.69 Å². The largest absolute Gasteiger partial charge is 0.301 e. The van der Waals surface area contributed by atoms with Gasteiger partial charge in [-0.05, 0) is 25.1 Å². The lowest BCUT2D eigenvalue weighted by Crippen LogP contribution is -2.48. The summed E-state index contributed by atoms with van der Waals surface area (Å²) in [7, 11) is 1.98. The van der Waals surface area contributed by atoms with E-state index >= 15 is 0 Å². The number of rotatable bonds is 1. The van der Waals surface area contributed by atoms with Gasteiger partial charge in [-0.25, -0.2) is 0 Å². The fourth-order valence-electron chi connectivity index (χ4n) is 1.46. The molecule has 0 saturated heterocycles. The van der Waals surface area contributed by atoms with E-state index in [1.807, 2.05) is 18.3 Å². The Kier molecular flexibility index (Phi) is 2.41. The average Bonchev–Trinajstić information content (AvgIpc) is 2.19. The zero-order valence-electron chi connectivity index (χ0n) is 8.57. The zero-order valence-corrected chi connectivity index (χ0v) is 8.57. The normalized spacial score (nSPS) is 16.1. The third-order valence-corrected chi connectivity index (χ3v) is 2.24. The van der Waals surface area contributed by atoms with Crippen LogP contribution in [0, 0.1) is 6.92 Å². The minimum atomic E-state index is 0.896. The van der Waals surface area contributed by atoms with Crippen LogP contribution in [-0.4, -0.2) is 18.6 Å². The average molecular weight is 189 g/mol. The summed E-state index contributed by atoms with van der Waals surface area (Å²) in [5.74, 6) is 0. The van der Waals surface area contributed by atoms with Crippen molar-refractivity contribution >= 4 is 5.69 Å². The first-order valence-corrected chi connectivity index (χ1v) is 4.76. The second-order valence-corrected chi connectivity index (χ2v) is 3.54. The maximum absolute atomic E-state index is 3.23. The summed E-state index contributed by atoms with van der Waals surface area (Å²) in [6.45, 7) is 2.99. The quantitative estimate of drug-likeness (QED) is 0.725. The molecular formula is C11H15N3. The van der Waals surface area contributed by atoms with Crippen molar-refractivity contribution in [2.24, 2.45) is 0 Å². The van der Waals surface area contributed by atoms with Gasteiger partial charge in [0.1, 0.15) is 0 Å². The third-order valence-electron chi connectivity index (χ3n) is 2.24. The van der Waals surface area contributed by atoms with E-state index in [2.05, 4.69) is 47.8 Å². The molecule has 1 aromatic carbocycles. The van der Waals surface area contributed by atoms with Gasteiger partial charge in [-0.1, -0.05) is 17.7 Å². The number of nitrogens with one attached hydrogen (secondary N) is 1. The van der Waals surface area contributed by atoms with E-state index in [0.717, 1.165) is 6.54 Å². The number of hydrogen-bond donors (Lipinski definition) is 1. The van der Waals surface area contributed by atoms with Crippen LogP contribution in [0.1, 0.15) is 5.56 Å². The Morgan fingerprint density at radius 3 is 2.57 bits per heavy atom. The minimum absolute atomic E-state index is 0.896. The molecule has 1 aliphatic heterocycles. The molecular weight excluding hydrogens is 174 g/mol. The van der Waals surface area contributed by atoms with E-state index in [0.29, 0.717) is 0 Å². The van der Waals surface area contributed by atoms with E-state index in [4.69, 9.17) is 0 Å². The maximum Gasteiger partial charge on any atom is 0.0560 e. The summed E-state index contributed by atoms with van der Waals surface area (Å²) in [5.41, 5.74) is 5.71. The van der Waals surface area contributed by atoms with Crippen molar-refractivity contribution in [1.82, 2.24) is 10.5 Å². The molecule has 0 aromatic heterocycles. The molecule has 0 unspecified atom stereocenters. The van der Waals surface area contributed by atoms with Crippen molar-refractivity contribution < 1.29 is 0 Å². The van der Waals surface area contributed by atoms with Gasteiger partial charge in [0.2, 0.25) is 0 Å². The molecule has 1 aromatic rings. The molecule has 3 heteroatoms. The highest BCUT2D eigenvalue weighted by Crippen LogP contribution is 2.14. The van der Waals surface area contributed by atoms with Crippen molar-refractivity contribution in [3.8, 4) is 0 Å². The van der Waals surface area contributed by atoms with Crippen LogP contribution < -0.4 is 10.5 Å². The molecule has 1 aliphatic rings. The van der Waals surface area contributed by atoms with Crippen LogP contribution in [0.5, 0.6) is 0 Å². The molecule has 0 bridgehead atoms. The lowest BCUT2D eigenvalue weighted by molar-refractivity contribution is 0.302. The molecule has 0 atom stereocenters. The van der Waals surface area contributed by atoms with E-state index in [1.165, 1.54) is 11.3 Å². The van der Waals surface area contributed by atoms with Gasteiger partial charge in [-0.15, -0.1) is 5.53 Å². The number of nitrogens with zero attached hydrogens (tertiary/aromatic N) is 2. The standard InChI is InChI=1S/C11H15N3/c1-10-4-6-11(7-5-10)14-9-3-8-13(2)12-14/h3-8,12H,9H2,1-2H3. The summed E-state index contributed by atoms with van der Waals surface area (Å²) in [4.78, 5) is 0. The highest BCUT2D eigenvalue weighted by Gasteiger charge is 2.08. The smallest absolute Gasteiger partial charge is 0.0560 e. The number of hydrazine groups is 2. The molecule has 1 N–H and O–H groups in total. The van der Waals surface area contributed by atoms with Gasteiger partial charge in [0, 0.05) is 13.2 Å². The topological polar surface area (TPSA) is 18.5 Å². The Hall–Kier alpha value is -1.48. The molecule has 74 valence electrons. The van der Waals surface area contributed by atoms with Crippen LogP contribution in [0.15, 0.2) is 36.5 Å². The maximum atomic E-state index is 3.23. The lowest BCUT2D eigenvalue weighted by atomic mass is 10.2. The van der Waals surface area contributed by atoms with Gasteiger partial charge < -0.3 is 5.01 Å². The van der Waals surface area contributed by atoms with Crippen molar-refractivity contribution in [2.75, 3.05) is 18.6 Å². The molecule has 0 aliphatic carbocycles. The molecule has 0 radical (unpaired) electrons. The first-order valence-electron chi connectivity index (χ1n) is 4.76. The first kappa shape index (κ1) is 9.09. The fourth-order valence-corrected chi connectivity index (χ4v) is 1.46. The number of benzene rings is 1. The fraction of sp³-hybridized carbons (Fsp3) is 0.273. The predicted octanol–water partition coefficient (Wildman–Crippen LogP) is 1.68. The molecule has 1 heterocycles.